The molecule has 6 aromatic rings. The molecule has 59 heavy (non-hydrogen) atoms. The second kappa shape index (κ2) is 14.8. The second-order valence-corrected chi connectivity index (χ2v) is 12.0. The summed E-state index contributed by atoms with van der Waals surface area (Å²) in [6.45, 7) is -3.96. The maximum Gasteiger partial charge on any atom is 0.455 e. The average molecular weight is 871 g/mol. The third kappa shape index (κ3) is 8.88. The van der Waals surface area contributed by atoms with Gasteiger partial charge in [-0.05, 0) is 6.07 Å². The monoisotopic (exact) mass is 870 g/mol. The predicted molar refractivity (Wildman–Crippen MR) is 167 cm³/mol. The number of aromatic nitrogens is 8. The van der Waals surface area contributed by atoms with E-state index in [1.54, 1.807) is 0 Å². The molecule has 6 rings (SSSR count). The number of hydrogen-bond acceptors (Lipinski definition) is 7. The van der Waals surface area contributed by atoms with Gasteiger partial charge in [-0.2, -0.15) is 80.4 Å². The minimum absolute atomic E-state index is 0.0814. The van der Waals surface area contributed by atoms with Crippen LogP contribution in [0, 0.1) is 0 Å². The Balaban J connectivity index is 0.000000224. The summed E-state index contributed by atoms with van der Waals surface area (Å²) in [6, 6.07) is 3.95. The van der Waals surface area contributed by atoms with E-state index in [1.807, 2.05) is 4.98 Å². The van der Waals surface area contributed by atoms with Crippen LogP contribution in [-0.2, 0) is 25.4 Å². The van der Waals surface area contributed by atoms with Crippen LogP contribution in [0.4, 0.5) is 70.2 Å². The number of hydrogen-bond donors (Lipinski definition) is 1. The van der Waals surface area contributed by atoms with Crippen LogP contribution in [0.1, 0.15) is 11.4 Å². The number of halogens is 16. The van der Waals surface area contributed by atoms with Crippen molar-refractivity contribution in [2.24, 2.45) is 0 Å². The molecule has 28 heteroatoms. The second-order valence-electron chi connectivity index (χ2n) is 12.0. The molecular formula is C31H18F16N8O4. The number of rotatable bonds is 7. The van der Waals surface area contributed by atoms with E-state index in [1.165, 1.54) is 13.2 Å². The molecule has 0 saturated heterocycles. The van der Waals surface area contributed by atoms with Crippen LogP contribution in [0.15, 0.2) is 75.8 Å². The number of ether oxygens (including phenoxy) is 1. The Labute approximate surface area is 313 Å². The van der Waals surface area contributed by atoms with Gasteiger partial charge < -0.3 is 9.72 Å². The number of nitrogens with one attached hydrogen (secondary N) is 1. The fraction of sp³-hybridized carbons (Fsp3) is 0.290. The quantitative estimate of drug-likeness (QED) is 0.174. The Bertz CT molecular complexity index is 2700. The first-order valence-electron chi connectivity index (χ1n) is 15.4. The number of aromatic amines is 1. The number of methoxy groups -OCH3 is 1. The molecule has 0 aliphatic rings. The molecular weight excluding hydrogens is 852 g/mol. The van der Waals surface area contributed by atoms with E-state index in [-0.39, 0.29) is 15.1 Å². The highest BCUT2D eigenvalue weighted by Gasteiger charge is 2.58. The van der Waals surface area contributed by atoms with Crippen LogP contribution < -0.4 is 21.3 Å². The van der Waals surface area contributed by atoms with Crippen LogP contribution in [0.5, 0.6) is 5.75 Å². The third-order valence-corrected chi connectivity index (χ3v) is 7.85. The van der Waals surface area contributed by atoms with Crippen LogP contribution in [0.25, 0.3) is 33.5 Å². The summed E-state index contributed by atoms with van der Waals surface area (Å²) in [5, 5.41) is 6.44. The van der Waals surface area contributed by atoms with Gasteiger partial charge in [0.15, 0.2) is 11.1 Å². The molecule has 0 spiro atoms. The number of H-pyrrole nitrogens is 1. The Morgan fingerprint density at radius 1 is 0.644 bits per heavy atom. The van der Waals surface area contributed by atoms with Crippen molar-refractivity contribution in [2.45, 2.75) is 49.6 Å². The Morgan fingerprint density at radius 2 is 1.14 bits per heavy atom. The van der Waals surface area contributed by atoms with E-state index in [4.69, 9.17) is 4.74 Å². The number of nitrogens with zero attached hydrogens (tertiary/aromatic N) is 7. The van der Waals surface area contributed by atoms with Gasteiger partial charge in [0.05, 0.1) is 30.6 Å². The molecule has 0 radical (unpaired) electrons. The van der Waals surface area contributed by atoms with E-state index in [0.29, 0.717) is 29.2 Å². The van der Waals surface area contributed by atoms with Crippen molar-refractivity contribution in [3.05, 3.63) is 104 Å². The molecule has 12 nitrogen and oxygen atoms in total. The van der Waals surface area contributed by atoms with E-state index >= 15 is 0 Å². The molecule has 0 amide bonds. The van der Waals surface area contributed by atoms with Gasteiger partial charge in [-0.25, -0.2) is 4.98 Å². The normalized spacial score (nSPS) is 13.2. The molecule has 6 heterocycles. The summed E-state index contributed by atoms with van der Waals surface area (Å²) >= 11 is 0. The van der Waals surface area contributed by atoms with Crippen molar-refractivity contribution < 1.29 is 75.0 Å². The van der Waals surface area contributed by atoms with Crippen molar-refractivity contribution >= 4 is 11.3 Å². The standard InChI is InChI=1S/C16H10F8N4O2.C15H8F8N4O2/c1-30-9-2-3-28-10(4-9)26-12(15(19,20)21)11(13(28)29)8-5-25-27(6-8)7-14(17,18)16(22,23)24;16-13(17,15(21,22)23)6-26-5-7(4-24-26)10-11(14(18,19)20)25-9-3-8(28)1-2-27(9)12(10)29/h2-6H,7H2,1H3;1-5,25H,6H2. The number of pyridine rings is 2. The minimum atomic E-state index is -5.90. The van der Waals surface area contributed by atoms with Crippen molar-refractivity contribution in [3.8, 4) is 28.0 Å². The minimum Gasteiger partial charge on any atom is -0.497 e. The Hall–Kier alpha value is -6.38. The van der Waals surface area contributed by atoms with Crippen LogP contribution >= 0.6 is 0 Å². The highest BCUT2D eigenvalue weighted by atomic mass is 19.4. The molecule has 0 atom stereocenters. The van der Waals surface area contributed by atoms with Crippen molar-refractivity contribution in [1.29, 1.82) is 0 Å². The van der Waals surface area contributed by atoms with E-state index in [9.17, 15) is 84.6 Å². The zero-order chi connectivity index (χ0) is 44.3. The first kappa shape index (κ1) is 43.7. The van der Waals surface area contributed by atoms with Gasteiger partial charge in [0.1, 0.15) is 35.8 Å². The van der Waals surface area contributed by atoms with Crippen LogP contribution in [-0.4, -0.2) is 69.6 Å². The zero-order valence-electron chi connectivity index (χ0n) is 28.5. The van der Waals surface area contributed by atoms with Crippen molar-refractivity contribution in [3.63, 3.8) is 0 Å². The number of alkyl halides is 16. The molecule has 0 fully saturated rings. The molecule has 0 aliphatic heterocycles. The molecule has 6 aromatic heterocycles. The SMILES string of the molecule is COc1ccn2c(=O)c(-c3cnn(CC(F)(F)C(F)(F)F)c3)c(C(F)(F)F)nc2c1.O=c1ccn2c(=O)c(-c3cnn(CC(F)(F)C(F)(F)F)c3)c(C(F)(F)F)[nH]c2c1. The maximum absolute atomic E-state index is 13.5. The van der Waals surface area contributed by atoms with Crippen molar-refractivity contribution in [1.82, 2.24) is 38.3 Å². The maximum atomic E-state index is 13.5. The summed E-state index contributed by atoms with van der Waals surface area (Å²) in [4.78, 5) is 41.8. The lowest BCUT2D eigenvalue weighted by molar-refractivity contribution is -0.287. The molecule has 0 aliphatic carbocycles. The lowest BCUT2D eigenvalue weighted by Crippen LogP contribution is -2.40. The van der Waals surface area contributed by atoms with Gasteiger partial charge in [0.2, 0.25) is 0 Å². The summed E-state index contributed by atoms with van der Waals surface area (Å²) in [6.07, 6.45) is -18.0. The van der Waals surface area contributed by atoms with Crippen LogP contribution in [0.3, 0.4) is 0 Å². The summed E-state index contributed by atoms with van der Waals surface area (Å²) in [7, 11) is 1.24. The highest BCUT2D eigenvalue weighted by molar-refractivity contribution is 5.67. The van der Waals surface area contributed by atoms with Crippen molar-refractivity contribution in [2.75, 3.05) is 7.11 Å². The predicted octanol–water partition coefficient (Wildman–Crippen LogP) is 6.85. The van der Waals surface area contributed by atoms with Gasteiger partial charge in [0, 0.05) is 54.1 Å². The first-order chi connectivity index (χ1) is 26.9. The summed E-state index contributed by atoms with van der Waals surface area (Å²) in [5.74, 6) is -10.3. The fourth-order valence-electron chi connectivity index (χ4n) is 5.11. The van der Waals surface area contributed by atoms with Gasteiger partial charge in [-0.15, -0.1) is 0 Å². The van der Waals surface area contributed by atoms with E-state index < -0.39 is 111 Å². The highest BCUT2D eigenvalue weighted by Crippen LogP contribution is 2.39. The first-order valence-corrected chi connectivity index (χ1v) is 15.4. The molecule has 1 N–H and O–H groups in total. The lowest BCUT2D eigenvalue weighted by Gasteiger charge is -2.19. The molecule has 0 unspecified atom stereocenters. The van der Waals surface area contributed by atoms with E-state index in [2.05, 4.69) is 15.2 Å². The van der Waals surface area contributed by atoms with Crippen LogP contribution in [0.2, 0.25) is 0 Å². The average Bonchev–Trinajstić information content (AvgIpc) is 3.75. The van der Waals surface area contributed by atoms with Gasteiger partial charge in [-0.3, -0.25) is 32.5 Å². The third-order valence-electron chi connectivity index (χ3n) is 7.85. The summed E-state index contributed by atoms with van der Waals surface area (Å²) < 4.78 is 214. The molecule has 0 bridgehead atoms. The topological polar surface area (TPSA) is 134 Å². The fourth-order valence-corrected chi connectivity index (χ4v) is 5.11. The smallest absolute Gasteiger partial charge is 0.455 e. The number of fused-ring (bicyclic) bond motifs is 2. The molecule has 318 valence electrons. The lowest BCUT2D eigenvalue weighted by atomic mass is 10.1. The van der Waals surface area contributed by atoms with Gasteiger partial charge in [-0.1, -0.05) is 0 Å². The molecule has 0 aromatic carbocycles. The summed E-state index contributed by atoms with van der Waals surface area (Å²) in [5.41, 5.74) is -10.7. The van der Waals surface area contributed by atoms with Gasteiger partial charge >= 0.3 is 36.6 Å². The zero-order valence-corrected chi connectivity index (χ0v) is 28.5. The van der Waals surface area contributed by atoms with Gasteiger partial charge in [0.25, 0.3) is 11.1 Å². The van der Waals surface area contributed by atoms with E-state index in [0.717, 1.165) is 35.0 Å². The largest absolute Gasteiger partial charge is 0.497 e. The Morgan fingerprint density at radius 3 is 1.61 bits per heavy atom. The Kier molecular flexibility index (Phi) is 11.0. The molecule has 0 saturated carbocycles.